The number of aromatic hydroxyl groups is 1. The first-order valence-corrected chi connectivity index (χ1v) is 6.07. The molecule has 0 bridgehead atoms. The lowest BCUT2D eigenvalue weighted by Crippen LogP contribution is -2.13. The molecule has 0 saturated heterocycles. The number of anilines is 1. The first kappa shape index (κ1) is 14.6. The van der Waals surface area contributed by atoms with Gasteiger partial charge < -0.3 is 19.9 Å². The first-order valence-electron chi connectivity index (χ1n) is 6.07. The van der Waals surface area contributed by atoms with Gasteiger partial charge in [-0.25, -0.2) is 4.39 Å². The average Bonchev–Trinajstić information content (AvgIpc) is 2.49. The SMILES string of the molecule is COc1ccc(C(=O)Nc2ccc(O)cc2F)cc1OC. The number of benzene rings is 2. The van der Waals surface area contributed by atoms with Gasteiger partial charge in [0.15, 0.2) is 11.5 Å². The van der Waals surface area contributed by atoms with Crippen molar-refractivity contribution in [3.63, 3.8) is 0 Å². The summed E-state index contributed by atoms with van der Waals surface area (Å²) in [6.07, 6.45) is 0. The molecular formula is C15H14FNO4. The molecule has 1 amide bonds. The molecule has 2 aromatic rings. The van der Waals surface area contributed by atoms with Gasteiger partial charge in [-0.2, -0.15) is 0 Å². The van der Waals surface area contributed by atoms with E-state index < -0.39 is 11.7 Å². The predicted molar refractivity (Wildman–Crippen MR) is 75.6 cm³/mol. The standard InChI is InChI=1S/C15H14FNO4/c1-20-13-6-3-9(7-14(13)21-2)15(19)17-12-5-4-10(18)8-11(12)16/h3-8,18H,1-2H3,(H,17,19). The van der Waals surface area contributed by atoms with Crippen LogP contribution in [0, 0.1) is 5.82 Å². The third-order valence-electron chi connectivity index (χ3n) is 2.85. The van der Waals surface area contributed by atoms with Crippen LogP contribution in [0.1, 0.15) is 10.4 Å². The summed E-state index contributed by atoms with van der Waals surface area (Å²) in [6.45, 7) is 0. The van der Waals surface area contributed by atoms with E-state index in [0.717, 1.165) is 6.07 Å². The van der Waals surface area contributed by atoms with Crippen molar-refractivity contribution in [3.05, 3.63) is 47.8 Å². The molecule has 2 N–H and O–H groups in total. The van der Waals surface area contributed by atoms with E-state index in [1.54, 1.807) is 6.07 Å². The third-order valence-corrected chi connectivity index (χ3v) is 2.85. The third kappa shape index (κ3) is 3.22. The highest BCUT2D eigenvalue weighted by Crippen LogP contribution is 2.28. The van der Waals surface area contributed by atoms with Crippen LogP contribution in [0.5, 0.6) is 17.2 Å². The Morgan fingerprint density at radius 1 is 1.10 bits per heavy atom. The Morgan fingerprint density at radius 2 is 1.81 bits per heavy atom. The molecule has 2 aromatic carbocycles. The number of hydrogen-bond donors (Lipinski definition) is 2. The molecule has 0 radical (unpaired) electrons. The second kappa shape index (κ2) is 6.13. The lowest BCUT2D eigenvalue weighted by atomic mass is 10.1. The van der Waals surface area contributed by atoms with E-state index in [-0.39, 0.29) is 11.4 Å². The van der Waals surface area contributed by atoms with Crippen molar-refractivity contribution in [1.29, 1.82) is 0 Å². The molecule has 0 atom stereocenters. The molecular weight excluding hydrogens is 277 g/mol. The summed E-state index contributed by atoms with van der Waals surface area (Å²) in [5.41, 5.74) is 0.271. The number of rotatable bonds is 4. The van der Waals surface area contributed by atoms with Crippen molar-refractivity contribution in [2.75, 3.05) is 19.5 Å². The molecule has 0 spiro atoms. The summed E-state index contributed by atoms with van der Waals surface area (Å²) in [4.78, 5) is 12.1. The van der Waals surface area contributed by atoms with Crippen LogP contribution in [-0.4, -0.2) is 25.2 Å². The van der Waals surface area contributed by atoms with E-state index in [1.165, 1.54) is 38.5 Å². The monoisotopic (exact) mass is 291 g/mol. The molecule has 0 aliphatic heterocycles. The zero-order valence-electron chi connectivity index (χ0n) is 11.5. The minimum absolute atomic E-state index is 0.0208. The van der Waals surface area contributed by atoms with Gasteiger partial charge >= 0.3 is 0 Å². The number of carbonyl (C=O) groups is 1. The Hall–Kier alpha value is -2.76. The van der Waals surface area contributed by atoms with Crippen LogP contribution in [0.3, 0.4) is 0 Å². The van der Waals surface area contributed by atoms with Gasteiger partial charge in [0, 0.05) is 11.6 Å². The number of phenolic OH excluding ortho intramolecular Hbond substituents is 1. The smallest absolute Gasteiger partial charge is 0.255 e. The van der Waals surface area contributed by atoms with E-state index in [0.29, 0.717) is 17.1 Å². The zero-order chi connectivity index (χ0) is 15.4. The minimum Gasteiger partial charge on any atom is -0.508 e. The van der Waals surface area contributed by atoms with Crippen LogP contribution >= 0.6 is 0 Å². The average molecular weight is 291 g/mol. The maximum atomic E-state index is 13.6. The lowest BCUT2D eigenvalue weighted by molar-refractivity contribution is 0.102. The molecule has 21 heavy (non-hydrogen) atoms. The van der Waals surface area contributed by atoms with Crippen molar-refractivity contribution >= 4 is 11.6 Å². The van der Waals surface area contributed by atoms with Crippen LogP contribution in [0.4, 0.5) is 10.1 Å². The fraction of sp³-hybridized carbons (Fsp3) is 0.133. The Morgan fingerprint density at radius 3 is 2.43 bits per heavy atom. The van der Waals surface area contributed by atoms with Gasteiger partial charge in [-0.3, -0.25) is 4.79 Å². The Labute approximate surface area is 120 Å². The first-order chi connectivity index (χ1) is 10.0. The second-order valence-electron chi connectivity index (χ2n) is 4.19. The van der Waals surface area contributed by atoms with Gasteiger partial charge in [0.25, 0.3) is 5.91 Å². The number of halogens is 1. The van der Waals surface area contributed by atoms with Crippen molar-refractivity contribution in [1.82, 2.24) is 0 Å². The summed E-state index contributed by atoms with van der Waals surface area (Å²) in [5, 5.41) is 11.6. The number of methoxy groups -OCH3 is 2. The number of ether oxygens (including phenoxy) is 2. The predicted octanol–water partition coefficient (Wildman–Crippen LogP) is 2.80. The number of carbonyl (C=O) groups excluding carboxylic acids is 1. The highest BCUT2D eigenvalue weighted by molar-refractivity contribution is 6.04. The molecule has 0 aliphatic rings. The van der Waals surface area contributed by atoms with E-state index >= 15 is 0 Å². The molecule has 0 saturated carbocycles. The van der Waals surface area contributed by atoms with Gasteiger partial charge in [-0.1, -0.05) is 0 Å². The van der Waals surface area contributed by atoms with Crippen molar-refractivity contribution < 1.29 is 23.8 Å². The highest BCUT2D eigenvalue weighted by Gasteiger charge is 2.13. The molecule has 0 fully saturated rings. The van der Waals surface area contributed by atoms with E-state index in [2.05, 4.69) is 5.32 Å². The van der Waals surface area contributed by atoms with Gasteiger partial charge in [0.1, 0.15) is 11.6 Å². The summed E-state index contributed by atoms with van der Waals surface area (Å²) in [5.74, 6) is -0.540. The van der Waals surface area contributed by atoms with Crippen LogP contribution < -0.4 is 14.8 Å². The fourth-order valence-corrected chi connectivity index (χ4v) is 1.78. The van der Waals surface area contributed by atoms with E-state index in [9.17, 15) is 9.18 Å². The van der Waals surface area contributed by atoms with Gasteiger partial charge in [-0.15, -0.1) is 0 Å². The van der Waals surface area contributed by atoms with Crippen LogP contribution in [0.2, 0.25) is 0 Å². The van der Waals surface area contributed by atoms with Crippen molar-refractivity contribution in [2.24, 2.45) is 0 Å². The van der Waals surface area contributed by atoms with E-state index in [4.69, 9.17) is 14.6 Å². The van der Waals surface area contributed by atoms with Crippen LogP contribution in [-0.2, 0) is 0 Å². The molecule has 2 rings (SSSR count). The molecule has 0 aromatic heterocycles. The quantitative estimate of drug-likeness (QED) is 0.850. The van der Waals surface area contributed by atoms with Gasteiger partial charge in [0.05, 0.1) is 19.9 Å². The van der Waals surface area contributed by atoms with Crippen LogP contribution in [0.15, 0.2) is 36.4 Å². The lowest BCUT2D eigenvalue weighted by Gasteiger charge is -2.10. The zero-order valence-corrected chi connectivity index (χ0v) is 11.5. The number of nitrogens with one attached hydrogen (secondary N) is 1. The molecule has 0 unspecified atom stereocenters. The number of phenols is 1. The summed E-state index contributed by atoms with van der Waals surface area (Å²) in [6, 6.07) is 8.10. The van der Waals surface area contributed by atoms with Crippen LogP contribution in [0.25, 0.3) is 0 Å². The highest BCUT2D eigenvalue weighted by atomic mass is 19.1. The Balaban J connectivity index is 2.24. The molecule has 110 valence electrons. The fourth-order valence-electron chi connectivity index (χ4n) is 1.78. The van der Waals surface area contributed by atoms with Crippen molar-refractivity contribution in [3.8, 4) is 17.2 Å². The van der Waals surface area contributed by atoms with E-state index in [1.807, 2.05) is 0 Å². The maximum absolute atomic E-state index is 13.6. The summed E-state index contributed by atoms with van der Waals surface area (Å²) < 4.78 is 23.8. The molecule has 0 heterocycles. The number of amides is 1. The van der Waals surface area contributed by atoms with Crippen molar-refractivity contribution in [2.45, 2.75) is 0 Å². The Kier molecular flexibility index (Phi) is 4.27. The maximum Gasteiger partial charge on any atom is 0.255 e. The molecule has 0 aliphatic carbocycles. The topological polar surface area (TPSA) is 67.8 Å². The summed E-state index contributed by atoms with van der Waals surface area (Å²) >= 11 is 0. The summed E-state index contributed by atoms with van der Waals surface area (Å²) in [7, 11) is 2.95. The second-order valence-corrected chi connectivity index (χ2v) is 4.19. The van der Waals surface area contributed by atoms with Gasteiger partial charge in [-0.05, 0) is 30.3 Å². The minimum atomic E-state index is -0.719. The van der Waals surface area contributed by atoms with Gasteiger partial charge in [0.2, 0.25) is 0 Å². The normalized spacial score (nSPS) is 10.0. The number of hydrogen-bond acceptors (Lipinski definition) is 4. The largest absolute Gasteiger partial charge is 0.508 e. The molecule has 5 nitrogen and oxygen atoms in total. The Bertz CT molecular complexity index is 673. The molecule has 6 heteroatoms.